The van der Waals surface area contributed by atoms with Crippen LogP contribution in [0.25, 0.3) is 0 Å². The fourth-order valence-electron chi connectivity index (χ4n) is 2.39. The van der Waals surface area contributed by atoms with Crippen LogP contribution in [-0.4, -0.2) is 22.4 Å². The largest absolute Gasteiger partial charge is 0.356 e. The molecule has 0 fully saturated rings. The first-order valence-electron chi connectivity index (χ1n) is 7.34. The first-order valence-corrected chi connectivity index (χ1v) is 8.16. The molecule has 0 aliphatic heterocycles. The van der Waals surface area contributed by atoms with E-state index in [9.17, 15) is 9.59 Å². The quantitative estimate of drug-likeness (QED) is 0.855. The summed E-state index contributed by atoms with van der Waals surface area (Å²) >= 11 is 1.76. The normalized spacial score (nSPS) is 10.7. The van der Waals surface area contributed by atoms with Crippen molar-refractivity contribution in [2.45, 2.75) is 40.0 Å². The maximum atomic E-state index is 11.9. The zero-order chi connectivity index (χ0) is 16.1. The predicted molar refractivity (Wildman–Crippen MR) is 88.4 cm³/mol. The molecule has 2 rings (SSSR count). The van der Waals surface area contributed by atoms with E-state index in [1.807, 2.05) is 6.92 Å². The summed E-state index contributed by atoms with van der Waals surface area (Å²) in [5.41, 5.74) is 2.10. The highest BCUT2D eigenvalue weighted by Crippen LogP contribution is 2.15. The summed E-state index contributed by atoms with van der Waals surface area (Å²) in [7, 11) is 0. The standard InChI is InChI=1S/C16H21N3O2S/c1-10-4-5-13(22-10)8-9-17-15(20)7-6-14-11(2)18-16(21)19-12(14)3/h4-5H,6-9H2,1-3H3,(H,17,20)(H,18,19,21). The fourth-order valence-corrected chi connectivity index (χ4v) is 3.28. The maximum absolute atomic E-state index is 11.9. The minimum Gasteiger partial charge on any atom is -0.356 e. The minimum atomic E-state index is -0.338. The fraction of sp³-hybridized carbons (Fsp3) is 0.438. The number of hydrogen-bond acceptors (Lipinski definition) is 4. The Bertz CT molecular complexity index is 692. The summed E-state index contributed by atoms with van der Waals surface area (Å²) in [6.07, 6.45) is 1.85. The van der Waals surface area contributed by atoms with Crippen molar-refractivity contribution in [1.29, 1.82) is 0 Å². The number of hydrogen-bond donors (Lipinski definition) is 2. The SMILES string of the molecule is Cc1ccc(CCNC(=O)CCc2c(C)nc(=O)[nH]c2C)s1. The molecule has 0 aliphatic carbocycles. The van der Waals surface area contributed by atoms with E-state index in [0.29, 0.717) is 25.1 Å². The van der Waals surface area contributed by atoms with Gasteiger partial charge in [0.25, 0.3) is 0 Å². The van der Waals surface area contributed by atoms with E-state index < -0.39 is 0 Å². The Balaban J connectivity index is 1.79. The number of nitrogens with one attached hydrogen (secondary N) is 2. The van der Waals surface area contributed by atoms with Gasteiger partial charge in [0, 0.05) is 34.1 Å². The van der Waals surface area contributed by atoms with Gasteiger partial charge in [-0.05, 0) is 51.3 Å². The lowest BCUT2D eigenvalue weighted by molar-refractivity contribution is -0.121. The Morgan fingerprint density at radius 1 is 1.27 bits per heavy atom. The number of amides is 1. The first kappa shape index (κ1) is 16.4. The lowest BCUT2D eigenvalue weighted by Gasteiger charge is -2.08. The molecule has 2 heterocycles. The molecule has 6 heteroatoms. The van der Waals surface area contributed by atoms with E-state index in [1.165, 1.54) is 9.75 Å². The molecule has 0 radical (unpaired) electrons. The highest BCUT2D eigenvalue weighted by atomic mass is 32.1. The Kier molecular flexibility index (Phi) is 5.49. The topological polar surface area (TPSA) is 74.8 Å². The van der Waals surface area contributed by atoms with Gasteiger partial charge in [0.2, 0.25) is 5.91 Å². The molecule has 0 spiro atoms. The number of aryl methyl sites for hydroxylation is 3. The van der Waals surface area contributed by atoms with Crippen LogP contribution in [0.5, 0.6) is 0 Å². The molecule has 0 aromatic carbocycles. The number of thiophene rings is 1. The zero-order valence-corrected chi connectivity index (χ0v) is 14.0. The Morgan fingerprint density at radius 2 is 2.05 bits per heavy atom. The van der Waals surface area contributed by atoms with E-state index in [1.54, 1.807) is 18.3 Å². The van der Waals surface area contributed by atoms with Crippen LogP contribution in [0.3, 0.4) is 0 Å². The van der Waals surface area contributed by atoms with Crippen LogP contribution in [0.2, 0.25) is 0 Å². The number of rotatable bonds is 6. The van der Waals surface area contributed by atoms with E-state index in [2.05, 4.69) is 34.3 Å². The second-order valence-electron chi connectivity index (χ2n) is 5.34. The second kappa shape index (κ2) is 7.35. The number of nitrogens with zero attached hydrogens (tertiary/aromatic N) is 1. The van der Waals surface area contributed by atoms with Gasteiger partial charge in [0.15, 0.2) is 0 Å². The monoisotopic (exact) mass is 319 g/mol. The highest BCUT2D eigenvalue weighted by Gasteiger charge is 2.09. The molecular formula is C16H21N3O2S. The Labute approximate surface area is 133 Å². The van der Waals surface area contributed by atoms with Crippen molar-refractivity contribution in [3.63, 3.8) is 0 Å². The maximum Gasteiger partial charge on any atom is 0.345 e. The van der Waals surface area contributed by atoms with Gasteiger partial charge in [0.1, 0.15) is 0 Å². The van der Waals surface area contributed by atoms with Gasteiger partial charge in [-0.3, -0.25) is 4.79 Å². The zero-order valence-electron chi connectivity index (χ0n) is 13.2. The average Bonchev–Trinajstić information content (AvgIpc) is 2.83. The van der Waals surface area contributed by atoms with Crippen LogP contribution >= 0.6 is 11.3 Å². The van der Waals surface area contributed by atoms with Crippen LogP contribution in [-0.2, 0) is 17.6 Å². The summed E-state index contributed by atoms with van der Waals surface area (Å²) in [5.74, 6) is 0.0262. The molecule has 0 saturated carbocycles. The molecule has 118 valence electrons. The van der Waals surface area contributed by atoms with Gasteiger partial charge in [-0.1, -0.05) is 0 Å². The van der Waals surface area contributed by atoms with Crippen LogP contribution < -0.4 is 11.0 Å². The van der Waals surface area contributed by atoms with Crippen molar-refractivity contribution in [2.75, 3.05) is 6.54 Å². The summed E-state index contributed by atoms with van der Waals surface area (Å²) in [6, 6.07) is 4.20. The van der Waals surface area contributed by atoms with Crippen LogP contribution in [0.4, 0.5) is 0 Å². The molecule has 22 heavy (non-hydrogen) atoms. The molecule has 1 amide bonds. The smallest absolute Gasteiger partial charge is 0.345 e. The molecule has 0 saturated heterocycles. The van der Waals surface area contributed by atoms with Crippen LogP contribution in [0.15, 0.2) is 16.9 Å². The number of H-pyrrole nitrogens is 1. The van der Waals surface area contributed by atoms with Crippen molar-refractivity contribution >= 4 is 17.2 Å². The molecule has 2 N–H and O–H groups in total. The lowest BCUT2D eigenvalue weighted by atomic mass is 10.1. The summed E-state index contributed by atoms with van der Waals surface area (Å²) in [5, 5.41) is 2.94. The first-order chi connectivity index (χ1) is 10.5. The molecule has 0 atom stereocenters. The van der Waals surface area contributed by atoms with Crippen LogP contribution in [0, 0.1) is 20.8 Å². The van der Waals surface area contributed by atoms with Crippen molar-refractivity contribution in [3.05, 3.63) is 49.3 Å². The predicted octanol–water partition coefficient (Wildman–Crippen LogP) is 2.05. The Morgan fingerprint density at radius 3 is 2.68 bits per heavy atom. The summed E-state index contributed by atoms with van der Waals surface area (Å²) in [4.78, 5) is 32.3. The molecule has 2 aromatic rings. The molecule has 2 aromatic heterocycles. The van der Waals surface area contributed by atoms with Crippen molar-refractivity contribution in [3.8, 4) is 0 Å². The van der Waals surface area contributed by atoms with E-state index in [-0.39, 0.29) is 11.6 Å². The third-order valence-corrected chi connectivity index (χ3v) is 4.61. The van der Waals surface area contributed by atoms with Gasteiger partial charge in [-0.2, -0.15) is 4.98 Å². The van der Waals surface area contributed by atoms with Gasteiger partial charge in [-0.15, -0.1) is 11.3 Å². The molecular weight excluding hydrogens is 298 g/mol. The molecule has 0 unspecified atom stereocenters. The summed E-state index contributed by atoms with van der Waals surface area (Å²) in [6.45, 7) is 6.37. The van der Waals surface area contributed by atoms with Crippen molar-refractivity contribution in [1.82, 2.24) is 15.3 Å². The third kappa shape index (κ3) is 4.53. The van der Waals surface area contributed by atoms with E-state index in [4.69, 9.17) is 0 Å². The number of aromatic amines is 1. The molecule has 0 bridgehead atoms. The lowest BCUT2D eigenvalue weighted by Crippen LogP contribution is -2.26. The van der Waals surface area contributed by atoms with Crippen LogP contribution in [0.1, 0.15) is 33.1 Å². The van der Waals surface area contributed by atoms with Crippen molar-refractivity contribution < 1.29 is 4.79 Å². The van der Waals surface area contributed by atoms with Crippen molar-refractivity contribution in [2.24, 2.45) is 0 Å². The number of carbonyl (C=O) groups is 1. The number of carbonyl (C=O) groups excluding carboxylic acids is 1. The highest BCUT2D eigenvalue weighted by molar-refractivity contribution is 7.11. The molecule has 5 nitrogen and oxygen atoms in total. The number of aromatic nitrogens is 2. The van der Waals surface area contributed by atoms with E-state index >= 15 is 0 Å². The van der Waals surface area contributed by atoms with Gasteiger partial charge >= 0.3 is 5.69 Å². The summed E-state index contributed by atoms with van der Waals surface area (Å²) < 4.78 is 0. The Hall–Kier alpha value is -1.95. The average molecular weight is 319 g/mol. The van der Waals surface area contributed by atoms with Gasteiger partial charge in [0.05, 0.1) is 0 Å². The van der Waals surface area contributed by atoms with E-state index in [0.717, 1.165) is 17.7 Å². The minimum absolute atomic E-state index is 0.0262. The van der Waals surface area contributed by atoms with Gasteiger partial charge in [-0.25, -0.2) is 4.79 Å². The second-order valence-corrected chi connectivity index (χ2v) is 6.72. The van der Waals surface area contributed by atoms with Gasteiger partial charge < -0.3 is 10.3 Å². The third-order valence-electron chi connectivity index (χ3n) is 3.54. The molecule has 0 aliphatic rings.